The van der Waals surface area contributed by atoms with Crippen molar-refractivity contribution in [2.45, 2.75) is 76.6 Å². The fraction of sp³-hybridized carbons (Fsp3) is 0.857. The predicted octanol–water partition coefficient (Wildman–Crippen LogP) is 1.57. The van der Waals surface area contributed by atoms with Gasteiger partial charge in [-0.1, -0.05) is 25.5 Å². The summed E-state index contributed by atoms with van der Waals surface area (Å²) in [6.07, 6.45) is 6.03. The number of fused-ring (bicyclic) bond motifs is 5. The summed E-state index contributed by atoms with van der Waals surface area (Å²) in [6.45, 7) is 3.52. The number of ketones is 1. The molecule has 0 saturated heterocycles. The molecule has 4 rings (SSSR count). The van der Waals surface area contributed by atoms with Crippen LogP contribution in [-0.2, 0) is 4.79 Å². The van der Waals surface area contributed by atoms with Crippen LogP contribution >= 0.6 is 0 Å². The van der Waals surface area contributed by atoms with E-state index in [1.54, 1.807) is 0 Å². The van der Waals surface area contributed by atoms with Gasteiger partial charge in [0.2, 0.25) is 0 Å². The maximum Gasteiger partial charge on any atom is 0.190 e. The van der Waals surface area contributed by atoms with Crippen LogP contribution in [0.25, 0.3) is 0 Å². The molecule has 0 aromatic rings. The minimum absolute atomic E-state index is 0.107. The molecule has 3 saturated carbocycles. The molecule has 3 fully saturated rings. The highest BCUT2D eigenvalue weighted by atomic mass is 16.3. The zero-order valence-electron chi connectivity index (χ0n) is 15.8. The molecule has 4 aliphatic carbocycles. The van der Waals surface area contributed by atoms with E-state index in [2.05, 4.69) is 6.92 Å². The molecular formula is C21H32O5. The van der Waals surface area contributed by atoms with Gasteiger partial charge >= 0.3 is 0 Å². The number of carbonyl (C=O) groups is 1. The van der Waals surface area contributed by atoms with E-state index in [1.165, 1.54) is 5.57 Å². The molecule has 0 aromatic carbocycles. The Balaban J connectivity index is 1.72. The highest BCUT2D eigenvalue weighted by Gasteiger charge is 2.68. The number of allylic oxidation sites excluding steroid dienone is 1. The second-order valence-electron chi connectivity index (χ2n) is 9.72. The van der Waals surface area contributed by atoms with Crippen LogP contribution < -0.4 is 0 Å². The molecule has 4 N–H and O–H groups in total. The number of rotatable bonds is 2. The number of hydrogen-bond acceptors (Lipinski definition) is 5. The summed E-state index contributed by atoms with van der Waals surface area (Å²) < 4.78 is 0. The first kappa shape index (κ1) is 18.6. The Hall–Kier alpha value is -0.750. The van der Waals surface area contributed by atoms with Crippen molar-refractivity contribution in [1.29, 1.82) is 0 Å². The van der Waals surface area contributed by atoms with Gasteiger partial charge in [-0.25, -0.2) is 0 Å². The number of Topliss-reactive ketones (excluding diaryl/α,β-unsaturated/α-hetero) is 1. The van der Waals surface area contributed by atoms with Crippen LogP contribution in [0.3, 0.4) is 0 Å². The SMILES string of the molecule is C[C@]12CCC(O)C=C1CC[C@@H]1[C@@H]2[C@H](O)C[C@@]2(C)[C@H]1CC[C@]2(O)C(=O)CO. The number of hydrogen-bond donors (Lipinski definition) is 4. The lowest BCUT2D eigenvalue weighted by Crippen LogP contribution is -2.62. The van der Waals surface area contributed by atoms with Gasteiger partial charge in [0.1, 0.15) is 12.2 Å². The van der Waals surface area contributed by atoms with E-state index in [0.29, 0.717) is 12.8 Å². The van der Waals surface area contributed by atoms with Gasteiger partial charge in [-0.2, -0.15) is 0 Å². The van der Waals surface area contributed by atoms with E-state index in [9.17, 15) is 25.2 Å². The summed E-state index contributed by atoms with van der Waals surface area (Å²) in [5, 5.41) is 41.8. The summed E-state index contributed by atoms with van der Waals surface area (Å²) >= 11 is 0. The Morgan fingerprint density at radius 1 is 1.19 bits per heavy atom. The van der Waals surface area contributed by atoms with E-state index in [0.717, 1.165) is 32.1 Å². The van der Waals surface area contributed by atoms with Crippen LogP contribution in [0.15, 0.2) is 11.6 Å². The highest BCUT2D eigenvalue weighted by Crippen LogP contribution is 2.67. The van der Waals surface area contributed by atoms with Gasteiger partial charge in [-0.3, -0.25) is 4.79 Å². The minimum atomic E-state index is -1.53. The second kappa shape index (κ2) is 5.87. The van der Waals surface area contributed by atoms with Crippen molar-refractivity contribution in [3.8, 4) is 0 Å². The van der Waals surface area contributed by atoms with Crippen LogP contribution in [0.1, 0.15) is 58.8 Å². The van der Waals surface area contributed by atoms with E-state index in [4.69, 9.17) is 0 Å². The average molecular weight is 364 g/mol. The fourth-order valence-electron chi connectivity index (χ4n) is 7.43. The largest absolute Gasteiger partial charge is 0.393 e. The second-order valence-corrected chi connectivity index (χ2v) is 9.72. The van der Waals surface area contributed by atoms with Crippen molar-refractivity contribution in [1.82, 2.24) is 0 Å². The van der Waals surface area contributed by atoms with Crippen molar-refractivity contribution < 1.29 is 25.2 Å². The van der Waals surface area contributed by atoms with Crippen LogP contribution in [0.4, 0.5) is 0 Å². The fourth-order valence-corrected chi connectivity index (χ4v) is 7.43. The third-order valence-electron chi connectivity index (χ3n) is 8.78. The monoisotopic (exact) mass is 364 g/mol. The van der Waals surface area contributed by atoms with Gasteiger partial charge in [0.25, 0.3) is 0 Å². The molecule has 5 nitrogen and oxygen atoms in total. The topological polar surface area (TPSA) is 98.0 Å². The standard InChI is InChI=1S/C21H32O5/c1-19-7-5-13(23)9-12(19)3-4-14-15-6-8-21(26,17(25)11-22)20(15,2)10-16(24)18(14)19/h9,13-16,18,22-24,26H,3-8,10-11H2,1-2H3/t13?,14-,15-,16+,18+,19-,20-,21-/m0/s1. The van der Waals surface area contributed by atoms with Crippen LogP contribution in [-0.4, -0.2) is 50.6 Å². The molecule has 146 valence electrons. The maximum absolute atomic E-state index is 12.4. The molecule has 5 heteroatoms. The summed E-state index contributed by atoms with van der Waals surface area (Å²) in [5.74, 6) is 0.0551. The van der Waals surface area contributed by atoms with Crippen molar-refractivity contribution in [2.75, 3.05) is 6.61 Å². The van der Waals surface area contributed by atoms with E-state index < -0.39 is 29.5 Å². The van der Waals surface area contributed by atoms with Gasteiger partial charge in [0.15, 0.2) is 5.78 Å². The Labute approximate surface area is 155 Å². The smallest absolute Gasteiger partial charge is 0.190 e. The maximum atomic E-state index is 12.4. The summed E-state index contributed by atoms with van der Waals surface area (Å²) in [4.78, 5) is 12.4. The molecule has 0 radical (unpaired) electrons. The third-order valence-corrected chi connectivity index (χ3v) is 8.78. The predicted molar refractivity (Wildman–Crippen MR) is 96.1 cm³/mol. The molecule has 0 amide bonds. The Morgan fingerprint density at radius 2 is 1.92 bits per heavy atom. The van der Waals surface area contributed by atoms with E-state index in [-0.39, 0.29) is 29.3 Å². The summed E-state index contributed by atoms with van der Waals surface area (Å²) in [6, 6.07) is 0. The molecule has 0 aromatic heterocycles. The normalized spacial score (nSPS) is 53.3. The van der Waals surface area contributed by atoms with Crippen LogP contribution in [0.5, 0.6) is 0 Å². The lowest BCUT2D eigenvalue weighted by Gasteiger charge is -2.60. The van der Waals surface area contributed by atoms with Gasteiger partial charge in [-0.05, 0) is 68.1 Å². The minimum Gasteiger partial charge on any atom is -0.393 e. The Morgan fingerprint density at radius 3 is 2.62 bits per heavy atom. The lowest BCUT2D eigenvalue weighted by molar-refractivity contribution is -0.182. The van der Waals surface area contributed by atoms with Gasteiger partial charge in [0.05, 0.1) is 12.2 Å². The van der Waals surface area contributed by atoms with Gasteiger partial charge < -0.3 is 20.4 Å². The quantitative estimate of drug-likeness (QED) is 0.558. The Kier molecular flexibility index (Phi) is 4.20. The zero-order chi connectivity index (χ0) is 18.9. The molecule has 4 aliphatic rings. The number of aliphatic hydroxyl groups excluding tert-OH is 3. The summed E-state index contributed by atoms with van der Waals surface area (Å²) in [5.41, 5.74) is -1.04. The van der Waals surface area contributed by atoms with Crippen molar-refractivity contribution in [3.05, 3.63) is 11.6 Å². The molecule has 0 spiro atoms. The van der Waals surface area contributed by atoms with Crippen molar-refractivity contribution in [2.24, 2.45) is 28.6 Å². The first-order valence-electron chi connectivity index (χ1n) is 10.1. The van der Waals surface area contributed by atoms with Crippen molar-refractivity contribution in [3.63, 3.8) is 0 Å². The van der Waals surface area contributed by atoms with Gasteiger partial charge in [0, 0.05) is 5.41 Å². The first-order valence-corrected chi connectivity index (χ1v) is 10.1. The van der Waals surface area contributed by atoms with E-state index in [1.807, 2.05) is 13.0 Å². The molecule has 0 aliphatic heterocycles. The third kappa shape index (κ3) is 2.20. The number of aliphatic hydroxyl groups is 4. The zero-order valence-corrected chi connectivity index (χ0v) is 15.8. The summed E-state index contributed by atoms with van der Waals surface area (Å²) in [7, 11) is 0. The molecule has 1 unspecified atom stereocenters. The van der Waals surface area contributed by atoms with Crippen molar-refractivity contribution >= 4 is 5.78 Å². The van der Waals surface area contributed by atoms with E-state index >= 15 is 0 Å². The van der Waals surface area contributed by atoms with Crippen LogP contribution in [0, 0.1) is 28.6 Å². The molecule has 8 atom stereocenters. The average Bonchev–Trinajstić information content (AvgIpc) is 2.86. The van der Waals surface area contributed by atoms with Crippen LogP contribution in [0.2, 0.25) is 0 Å². The molecule has 0 bridgehead atoms. The Bertz CT molecular complexity index is 644. The number of carbonyl (C=O) groups excluding carboxylic acids is 1. The molecular weight excluding hydrogens is 332 g/mol. The first-order chi connectivity index (χ1) is 12.2. The molecule has 0 heterocycles. The molecule has 26 heavy (non-hydrogen) atoms. The lowest BCUT2D eigenvalue weighted by atomic mass is 9.45. The highest BCUT2D eigenvalue weighted by molar-refractivity contribution is 5.89. The van der Waals surface area contributed by atoms with Gasteiger partial charge in [-0.15, -0.1) is 0 Å².